The number of rotatable bonds is 4. The fourth-order valence-corrected chi connectivity index (χ4v) is 2.35. The molecule has 3 N–H and O–H groups in total. The summed E-state index contributed by atoms with van der Waals surface area (Å²) < 4.78 is 2.88. The number of aryl methyl sites for hydroxylation is 3. The summed E-state index contributed by atoms with van der Waals surface area (Å²) in [5.41, 5.74) is 10.0. The number of aromatic nitrogens is 2. The van der Waals surface area contributed by atoms with E-state index in [-0.39, 0.29) is 0 Å². The van der Waals surface area contributed by atoms with Crippen molar-refractivity contribution in [3.8, 4) is 0 Å². The molecule has 0 bridgehead atoms. The smallest absolute Gasteiger partial charge is 0.152 e. The molecule has 2 rings (SSSR count). The van der Waals surface area contributed by atoms with Crippen molar-refractivity contribution in [2.24, 2.45) is 7.05 Å². The molecular formula is C14H19BrN4. The molecule has 0 aliphatic rings. The van der Waals surface area contributed by atoms with E-state index in [1.807, 2.05) is 19.2 Å². The van der Waals surface area contributed by atoms with E-state index in [2.05, 4.69) is 46.3 Å². The molecule has 0 amide bonds. The summed E-state index contributed by atoms with van der Waals surface area (Å²) in [5.74, 6) is 0.846. The number of halogens is 1. The molecule has 0 atom stereocenters. The van der Waals surface area contributed by atoms with E-state index in [1.165, 1.54) is 5.56 Å². The third-order valence-electron chi connectivity index (χ3n) is 3.08. The third kappa shape index (κ3) is 2.92. The van der Waals surface area contributed by atoms with Gasteiger partial charge in [0.15, 0.2) is 5.82 Å². The van der Waals surface area contributed by atoms with E-state index in [0.29, 0.717) is 0 Å². The first-order valence-electron chi connectivity index (χ1n) is 6.37. The standard InChI is InChI=1S/C14H19BrN4/c1-4-5-12-13(16)14(19(3)18-12)17-10-7-6-9(2)11(15)8-10/h6-8,17H,4-5,16H2,1-3H3. The van der Waals surface area contributed by atoms with Crippen LogP contribution in [0, 0.1) is 6.92 Å². The summed E-state index contributed by atoms with van der Waals surface area (Å²) in [7, 11) is 1.90. The summed E-state index contributed by atoms with van der Waals surface area (Å²) in [4.78, 5) is 0. The summed E-state index contributed by atoms with van der Waals surface area (Å²) in [6, 6.07) is 6.14. The first kappa shape index (κ1) is 13.9. The van der Waals surface area contributed by atoms with Gasteiger partial charge in [-0.25, -0.2) is 0 Å². The predicted octanol–water partition coefficient (Wildman–Crippen LogP) is 3.77. The van der Waals surface area contributed by atoms with Crippen molar-refractivity contribution in [1.82, 2.24) is 9.78 Å². The molecule has 0 unspecified atom stereocenters. The molecule has 2 aromatic rings. The number of benzene rings is 1. The number of hydrogen-bond acceptors (Lipinski definition) is 3. The Bertz CT molecular complexity index is 589. The van der Waals surface area contributed by atoms with Crippen molar-refractivity contribution in [1.29, 1.82) is 0 Å². The molecule has 0 aliphatic heterocycles. The van der Waals surface area contributed by atoms with E-state index >= 15 is 0 Å². The third-order valence-corrected chi connectivity index (χ3v) is 3.94. The van der Waals surface area contributed by atoms with Crippen LogP contribution in [0.25, 0.3) is 0 Å². The van der Waals surface area contributed by atoms with Crippen LogP contribution in [-0.2, 0) is 13.5 Å². The highest BCUT2D eigenvalue weighted by Crippen LogP contribution is 2.28. The van der Waals surface area contributed by atoms with Crippen molar-refractivity contribution in [2.75, 3.05) is 11.1 Å². The highest BCUT2D eigenvalue weighted by molar-refractivity contribution is 9.10. The second-order valence-corrected chi connectivity index (χ2v) is 5.53. The van der Waals surface area contributed by atoms with Gasteiger partial charge in [-0.3, -0.25) is 4.68 Å². The van der Waals surface area contributed by atoms with Gasteiger partial charge in [-0.1, -0.05) is 35.3 Å². The lowest BCUT2D eigenvalue weighted by Crippen LogP contribution is -2.01. The zero-order valence-corrected chi connectivity index (χ0v) is 13.1. The lowest BCUT2D eigenvalue weighted by Gasteiger charge is -2.09. The minimum Gasteiger partial charge on any atom is -0.394 e. The van der Waals surface area contributed by atoms with Gasteiger partial charge in [0.2, 0.25) is 0 Å². The normalized spacial score (nSPS) is 10.7. The summed E-state index contributed by atoms with van der Waals surface area (Å²) in [6.45, 7) is 4.18. The molecular weight excluding hydrogens is 304 g/mol. The van der Waals surface area contributed by atoms with Crippen molar-refractivity contribution < 1.29 is 0 Å². The molecule has 1 aromatic heterocycles. The van der Waals surface area contributed by atoms with E-state index in [4.69, 9.17) is 5.73 Å². The zero-order chi connectivity index (χ0) is 14.0. The maximum absolute atomic E-state index is 6.15. The molecule has 19 heavy (non-hydrogen) atoms. The van der Waals surface area contributed by atoms with Crippen LogP contribution in [0.3, 0.4) is 0 Å². The number of nitrogens with two attached hydrogens (primary N) is 1. The van der Waals surface area contributed by atoms with E-state index in [9.17, 15) is 0 Å². The lowest BCUT2D eigenvalue weighted by atomic mass is 10.2. The molecule has 0 spiro atoms. The number of nitrogens with zero attached hydrogens (tertiary/aromatic N) is 2. The number of hydrogen-bond donors (Lipinski definition) is 2. The van der Waals surface area contributed by atoms with Gasteiger partial charge in [0, 0.05) is 17.2 Å². The fraction of sp³-hybridized carbons (Fsp3) is 0.357. The number of nitrogen functional groups attached to an aromatic ring is 1. The van der Waals surface area contributed by atoms with Crippen molar-refractivity contribution in [2.45, 2.75) is 26.7 Å². The van der Waals surface area contributed by atoms with Gasteiger partial charge in [0.05, 0.1) is 11.4 Å². The number of nitrogens with one attached hydrogen (secondary N) is 1. The van der Waals surface area contributed by atoms with Crippen LogP contribution >= 0.6 is 15.9 Å². The van der Waals surface area contributed by atoms with Gasteiger partial charge in [0.1, 0.15) is 0 Å². The van der Waals surface area contributed by atoms with E-state index in [0.717, 1.165) is 40.2 Å². The number of anilines is 3. The van der Waals surface area contributed by atoms with Crippen LogP contribution in [0.4, 0.5) is 17.2 Å². The molecule has 102 valence electrons. The molecule has 0 radical (unpaired) electrons. The summed E-state index contributed by atoms with van der Waals surface area (Å²) in [5, 5.41) is 7.79. The highest BCUT2D eigenvalue weighted by Gasteiger charge is 2.12. The van der Waals surface area contributed by atoms with E-state index in [1.54, 1.807) is 4.68 Å². The van der Waals surface area contributed by atoms with Crippen LogP contribution in [0.5, 0.6) is 0 Å². The molecule has 4 nitrogen and oxygen atoms in total. The van der Waals surface area contributed by atoms with Crippen LogP contribution in [0.15, 0.2) is 22.7 Å². The Morgan fingerprint density at radius 1 is 1.42 bits per heavy atom. The monoisotopic (exact) mass is 322 g/mol. The van der Waals surface area contributed by atoms with Gasteiger partial charge in [-0.2, -0.15) is 5.10 Å². The second kappa shape index (κ2) is 5.65. The van der Waals surface area contributed by atoms with Crippen LogP contribution in [0.2, 0.25) is 0 Å². The van der Waals surface area contributed by atoms with Gasteiger partial charge in [-0.15, -0.1) is 0 Å². The molecule has 0 aliphatic carbocycles. The summed E-state index contributed by atoms with van der Waals surface area (Å²) in [6.07, 6.45) is 1.94. The predicted molar refractivity (Wildman–Crippen MR) is 83.8 cm³/mol. The largest absolute Gasteiger partial charge is 0.394 e. The topological polar surface area (TPSA) is 55.9 Å². The lowest BCUT2D eigenvalue weighted by molar-refractivity contribution is 0.740. The first-order valence-corrected chi connectivity index (χ1v) is 7.16. The van der Waals surface area contributed by atoms with Crippen molar-refractivity contribution >= 4 is 33.1 Å². The molecule has 0 saturated carbocycles. The maximum Gasteiger partial charge on any atom is 0.152 e. The molecule has 5 heteroatoms. The molecule has 0 saturated heterocycles. The Balaban J connectivity index is 2.30. The molecule has 1 aromatic carbocycles. The average Bonchev–Trinajstić information content (AvgIpc) is 2.62. The van der Waals surface area contributed by atoms with Crippen molar-refractivity contribution in [3.63, 3.8) is 0 Å². The van der Waals surface area contributed by atoms with E-state index < -0.39 is 0 Å². The first-order chi connectivity index (χ1) is 9.02. The Hall–Kier alpha value is -1.49. The molecule has 1 heterocycles. The SMILES string of the molecule is CCCc1nn(C)c(Nc2ccc(C)c(Br)c2)c1N. The summed E-state index contributed by atoms with van der Waals surface area (Å²) >= 11 is 3.53. The van der Waals surface area contributed by atoms with Crippen LogP contribution in [0.1, 0.15) is 24.6 Å². The fourth-order valence-electron chi connectivity index (χ4n) is 1.97. The highest BCUT2D eigenvalue weighted by atomic mass is 79.9. The Labute approximate surface area is 122 Å². The Morgan fingerprint density at radius 2 is 2.16 bits per heavy atom. The Kier molecular flexibility index (Phi) is 4.14. The molecule has 0 fully saturated rings. The minimum atomic E-state index is 0.737. The second-order valence-electron chi connectivity index (χ2n) is 4.67. The van der Waals surface area contributed by atoms with Crippen LogP contribution < -0.4 is 11.1 Å². The quantitative estimate of drug-likeness (QED) is 0.900. The average molecular weight is 323 g/mol. The van der Waals surface area contributed by atoms with Gasteiger partial charge in [0.25, 0.3) is 0 Å². The maximum atomic E-state index is 6.15. The van der Waals surface area contributed by atoms with Gasteiger partial charge < -0.3 is 11.1 Å². The van der Waals surface area contributed by atoms with Gasteiger partial charge >= 0.3 is 0 Å². The zero-order valence-electron chi connectivity index (χ0n) is 11.5. The van der Waals surface area contributed by atoms with Crippen LogP contribution in [-0.4, -0.2) is 9.78 Å². The van der Waals surface area contributed by atoms with Crippen molar-refractivity contribution in [3.05, 3.63) is 33.9 Å². The Morgan fingerprint density at radius 3 is 2.79 bits per heavy atom. The minimum absolute atomic E-state index is 0.737. The van der Waals surface area contributed by atoms with Gasteiger partial charge in [-0.05, 0) is 31.0 Å².